The fourth-order valence-electron chi connectivity index (χ4n) is 3.43. The SMILES string of the molecule is Cc1nc(C(=O)NCC2CCN(C3CC3)C2)nn1-c1ccc(Cl)cc1. The Kier molecular flexibility index (Phi) is 4.48. The van der Waals surface area contributed by atoms with Crippen LogP contribution in [0.25, 0.3) is 5.69 Å². The van der Waals surface area contributed by atoms with Crippen molar-refractivity contribution in [3.05, 3.63) is 40.9 Å². The summed E-state index contributed by atoms with van der Waals surface area (Å²) in [5.74, 6) is 1.21. The van der Waals surface area contributed by atoms with Gasteiger partial charge in [-0.2, -0.15) is 0 Å². The third kappa shape index (κ3) is 3.70. The molecule has 1 saturated carbocycles. The van der Waals surface area contributed by atoms with Crippen molar-refractivity contribution in [2.24, 2.45) is 5.92 Å². The van der Waals surface area contributed by atoms with Crippen molar-refractivity contribution in [2.45, 2.75) is 32.2 Å². The normalized spacial score (nSPS) is 20.8. The molecule has 4 rings (SSSR count). The number of aryl methyl sites for hydroxylation is 1. The number of carbonyl (C=O) groups is 1. The molecule has 1 aliphatic carbocycles. The molecule has 1 saturated heterocycles. The molecule has 1 unspecified atom stereocenters. The molecule has 2 aromatic rings. The molecule has 2 heterocycles. The van der Waals surface area contributed by atoms with Gasteiger partial charge in [-0.1, -0.05) is 11.6 Å². The predicted molar refractivity (Wildman–Crippen MR) is 96.1 cm³/mol. The first-order valence-corrected chi connectivity index (χ1v) is 9.20. The van der Waals surface area contributed by atoms with Crippen molar-refractivity contribution in [2.75, 3.05) is 19.6 Å². The van der Waals surface area contributed by atoms with Crippen LogP contribution in [-0.2, 0) is 0 Å². The minimum atomic E-state index is -0.208. The fourth-order valence-corrected chi connectivity index (χ4v) is 3.56. The van der Waals surface area contributed by atoms with Gasteiger partial charge in [0.1, 0.15) is 5.82 Å². The van der Waals surface area contributed by atoms with Crippen LogP contribution in [0.2, 0.25) is 5.02 Å². The quantitative estimate of drug-likeness (QED) is 0.890. The largest absolute Gasteiger partial charge is 0.349 e. The number of nitrogens with zero attached hydrogens (tertiary/aromatic N) is 4. The van der Waals surface area contributed by atoms with Crippen LogP contribution < -0.4 is 5.32 Å². The zero-order valence-corrected chi connectivity index (χ0v) is 15.0. The number of benzene rings is 1. The number of nitrogens with one attached hydrogen (secondary N) is 1. The number of carbonyl (C=O) groups excluding carboxylic acids is 1. The smallest absolute Gasteiger partial charge is 0.290 e. The summed E-state index contributed by atoms with van der Waals surface area (Å²) in [5.41, 5.74) is 0.837. The first-order chi connectivity index (χ1) is 12.1. The van der Waals surface area contributed by atoms with Crippen LogP contribution in [0.3, 0.4) is 0 Å². The number of aromatic nitrogens is 3. The molecular formula is C18H22ClN5O. The Balaban J connectivity index is 1.37. The molecule has 1 aromatic heterocycles. The number of rotatable bonds is 5. The van der Waals surface area contributed by atoms with Crippen molar-refractivity contribution in [1.29, 1.82) is 0 Å². The third-order valence-electron chi connectivity index (χ3n) is 4.98. The average molecular weight is 360 g/mol. The van der Waals surface area contributed by atoms with Gasteiger partial charge < -0.3 is 10.2 Å². The standard InChI is InChI=1S/C18H22ClN5O/c1-12-21-17(22-24(12)16-4-2-14(19)3-5-16)18(25)20-10-13-8-9-23(11-13)15-6-7-15/h2-5,13,15H,6-11H2,1H3,(H,20,25). The summed E-state index contributed by atoms with van der Waals surface area (Å²) in [6.45, 7) is 4.78. The number of halogens is 1. The Morgan fingerprint density at radius 1 is 1.28 bits per heavy atom. The van der Waals surface area contributed by atoms with Crippen LogP contribution in [0.4, 0.5) is 0 Å². The van der Waals surface area contributed by atoms with Crippen LogP contribution >= 0.6 is 11.6 Å². The van der Waals surface area contributed by atoms with Gasteiger partial charge in [0.2, 0.25) is 5.82 Å². The molecule has 1 amide bonds. The number of amides is 1. The molecule has 1 aliphatic heterocycles. The molecule has 0 radical (unpaired) electrons. The summed E-state index contributed by atoms with van der Waals surface area (Å²) in [6, 6.07) is 8.11. The molecule has 25 heavy (non-hydrogen) atoms. The molecule has 2 aliphatic rings. The summed E-state index contributed by atoms with van der Waals surface area (Å²) >= 11 is 5.92. The van der Waals surface area contributed by atoms with Gasteiger partial charge in [0.15, 0.2) is 0 Å². The van der Waals surface area contributed by atoms with E-state index >= 15 is 0 Å². The average Bonchev–Trinajstić information content (AvgIpc) is 3.22. The van der Waals surface area contributed by atoms with E-state index in [9.17, 15) is 4.79 Å². The lowest BCUT2D eigenvalue weighted by Gasteiger charge is -2.14. The predicted octanol–water partition coefficient (Wildman–Crippen LogP) is 2.44. The van der Waals surface area contributed by atoms with Crippen LogP contribution in [0, 0.1) is 12.8 Å². The Morgan fingerprint density at radius 2 is 2.04 bits per heavy atom. The third-order valence-corrected chi connectivity index (χ3v) is 5.23. The molecule has 7 heteroatoms. The van der Waals surface area contributed by atoms with Gasteiger partial charge in [0.05, 0.1) is 5.69 Å². The lowest BCUT2D eigenvalue weighted by Crippen LogP contribution is -2.32. The van der Waals surface area contributed by atoms with Gasteiger partial charge in [-0.15, -0.1) is 5.10 Å². The Hall–Kier alpha value is -1.92. The van der Waals surface area contributed by atoms with Gasteiger partial charge in [-0.05, 0) is 62.9 Å². The van der Waals surface area contributed by atoms with E-state index < -0.39 is 0 Å². The Bertz CT molecular complexity index is 768. The van der Waals surface area contributed by atoms with Gasteiger partial charge in [-0.3, -0.25) is 4.79 Å². The van der Waals surface area contributed by atoms with Gasteiger partial charge in [0.25, 0.3) is 5.91 Å². The maximum Gasteiger partial charge on any atom is 0.290 e. The first-order valence-electron chi connectivity index (χ1n) is 8.82. The van der Waals surface area contributed by atoms with Crippen molar-refractivity contribution in [1.82, 2.24) is 25.0 Å². The molecule has 0 bridgehead atoms. The maximum absolute atomic E-state index is 12.4. The van der Waals surface area contributed by atoms with Crippen LogP contribution in [0.15, 0.2) is 24.3 Å². The van der Waals surface area contributed by atoms with E-state index in [2.05, 4.69) is 20.3 Å². The van der Waals surface area contributed by atoms with Crippen LogP contribution in [0.5, 0.6) is 0 Å². The van der Waals surface area contributed by atoms with Crippen LogP contribution in [0.1, 0.15) is 35.7 Å². The summed E-state index contributed by atoms with van der Waals surface area (Å²) in [6.07, 6.45) is 3.83. The second-order valence-electron chi connectivity index (χ2n) is 6.96. The first kappa shape index (κ1) is 16.5. The van der Waals surface area contributed by atoms with E-state index in [1.54, 1.807) is 16.8 Å². The highest BCUT2D eigenvalue weighted by molar-refractivity contribution is 6.30. The minimum absolute atomic E-state index is 0.208. The van der Waals surface area contributed by atoms with Crippen molar-refractivity contribution < 1.29 is 4.79 Å². The molecule has 6 nitrogen and oxygen atoms in total. The summed E-state index contributed by atoms with van der Waals surface area (Å²) in [4.78, 5) is 19.3. The van der Waals surface area contributed by atoms with Crippen molar-refractivity contribution in [3.63, 3.8) is 0 Å². The van der Waals surface area contributed by atoms with E-state index in [1.807, 2.05) is 19.1 Å². The van der Waals surface area contributed by atoms with Gasteiger partial charge in [-0.25, -0.2) is 9.67 Å². The Labute approximate surface area is 152 Å². The van der Waals surface area contributed by atoms with Crippen molar-refractivity contribution >= 4 is 17.5 Å². The molecule has 132 valence electrons. The number of hydrogen-bond acceptors (Lipinski definition) is 4. The number of likely N-dealkylation sites (tertiary alicyclic amines) is 1. The van der Waals surface area contributed by atoms with E-state index in [-0.39, 0.29) is 11.7 Å². The molecular weight excluding hydrogens is 338 g/mol. The van der Waals surface area contributed by atoms with Gasteiger partial charge >= 0.3 is 0 Å². The summed E-state index contributed by atoms with van der Waals surface area (Å²) in [7, 11) is 0. The molecule has 1 N–H and O–H groups in total. The van der Waals surface area contributed by atoms with E-state index in [1.165, 1.54) is 12.8 Å². The summed E-state index contributed by atoms with van der Waals surface area (Å²) < 4.78 is 1.66. The van der Waals surface area contributed by atoms with E-state index in [0.29, 0.717) is 23.3 Å². The Morgan fingerprint density at radius 3 is 2.76 bits per heavy atom. The second-order valence-corrected chi connectivity index (χ2v) is 7.40. The molecule has 1 atom stereocenters. The lowest BCUT2D eigenvalue weighted by molar-refractivity contribution is 0.0937. The zero-order chi connectivity index (χ0) is 17.4. The monoisotopic (exact) mass is 359 g/mol. The minimum Gasteiger partial charge on any atom is -0.349 e. The van der Waals surface area contributed by atoms with Crippen LogP contribution in [-0.4, -0.2) is 51.2 Å². The lowest BCUT2D eigenvalue weighted by atomic mass is 10.1. The second kappa shape index (κ2) is 6.77. The van der Waals surface area contributed by atoms with E-state index in [4.69, 9.17) is 11.6 Å². The number of hydrogen-bond donors (Lipinski definition) is 1. The van der Waals surface area contributed by atoms with Crippen molar-refractivity contribution in [3.8, 4) is 5.69 Å². The topological polar surface area (TPSA) is 63.1 Å². The highest BCUT2D eigenvalue weighted by Crippen LogP contribution is 2.31. The summed E-state index contributed by atoms with van der Waals surface area (Å²) in [5, 5.41) is 8.01. The van der Waals surface area contributed by atoms with Gasteiger partial charge in [0, 0.05) is 24.2 Å². The maximum atomic E-state index is 12.4. The molecule has 2 fully saturated rings. The zero-order valence-electron chi connectivity index (χ0n) is 14.3. The highest BCUT2D eigenvalue weighted by atomic mass is 35.5. The fraction of sp³-hybridized carbons (Fsp3) is 0.500. The molecule has 1 aromatic carbocycles. The highest BCUT2D eigenvalue weighted by Gasteiger charge is 2.34. The van der Waals surface area contributed by atoms with E-state index in [0.717, 1.165) is 31.2 Å². The molecule has 0 spiro atoms.